The lowest BCUT2D eigenvalue weighted by molar-refractivity contribution is -0.256. The van der Waals surface area contributed by atoms with Crippen molar-refractivity contribution in [2.75, 3.05) is 12.9 Å². The summed E-state index contributed by atoms with van der Waals surface area (Å²) < 4.78 is 90.0. The number of halogens is 3. The molecule has 0 aromatic heterocycles. The first-order valence-electron chi connectivity index (χ1n) is 7.43. The zero-order valence-corrected chi connectivity index (χ0v) is 13.3. The summed E-state index contributed by atoms with van der Waals surface area (Å²) in [6, 6.07) is 0. The topological polar surface area (TPSA) is 46.6 Å². The van der Waals surface area contributed by atoms with Crippen molar-refractivity contribution < 1.29 is 30.4 Å². The van der Waals surface area contributed by atoms with Crippen LogP contribution >= 0.6 is 0 Å². The second-order valence-corrected chi connectivity index (χ2v) is 8.00. The average Bonchev–Trinajstić information content (AvgIpc) is 2.16. The van der Waals surface area contributed by atoms with E-state index in [9.17, 15) is 21.6 Å². The first-order chi connectivity index (χ1) is 9.72. The molecule has 0 heterocycles. The fourth-order valence-electron chi connectivity index (χ4n) is 1.60. The molecule has 0 saturated carbocycles. The predicted octanol–water partition coefficient (Wildman–Crippen LogP) is 4.91. The molecule has 0 saturated heterocycles. The zero-order valence-electron chi connectivity index (χ0n) is 15.5. The predicted molar refractivity (Wildman–Crippen MR) is 91.9 cm³/mol. The molecule has 146 valence electrons. The molecule has 1 unspecified atom stereocenters. The Morgan fingerprint density at radius 3 is 1.65 bits per heavy atom. The Bertz CT molecular complexity index is 493. The highest BCUT2D eigenvalue weighted by Gasteiger charge is 2.48. The Morgan fingerprint density at radius 2 is 1.43 bits per heavy atom. The lowest BCUT2D eigenvalue weighted by Crippen LogP contribution is -2.50. The lowest BCUT2D eigenvalue weighted by Gasteiger charge is -2.37. The quantitative estimate of drug-likeness (QED) is 0.661. The van der Waals surface area contributed by atoms with Gasteiger partial charge in [0.2, 0.25) is 10.0 Å². The van der Waals surface area contributed by atoms with Crippen LogP contribution in [-0.2, 0) is 14.8 Å². The zero-order chi connectivity index (χ0) is 19.1. The van der Waals surface area contributed by atoms with Crippen molar-refractivity contribution >= 4 is 10.0 Å². The Balaban J connectivity index is -0.000000807. The van der Waals surface area contributed by atoms with E-state index in [1.807, 2.05) is 0 Å². The van der Waals surface area contributed by atoms with E-state index in [1.165, 1.54) is 41.5 Å². The average molecular weight is 371 g/mol. The van der Waals surface area contributed by atoms with Gasteiger partial charge in [0.1, 0.15) is 6.73 Å². The maximum Gasteiger partial charge on any atom is 0.415 e. The van der Waals surface area contributed by atoms with Gasteiger partial charge >= 0.3 is 6.18 Å². The SMILES string of the molecule is C.C.C.[2H]C([2H])([2H])S(=O)(=O)N(COC(C(C)(C)C)C(F)(F)F)C(C)(C)C. The van der Waals surface area contributed by atoms with Gasteiger partial charge in [-0.25, -0.2) is 8.42 Å². The minimum absolute atomic E-state index is 0. The van der Waals surface area contributed by atoms with Gasteiger partial charge in [0.05, 0.1) is 6.18 Å². The van der Waals surface area contributed by atoms with Crippen LogP contribution in [0.1, 0.15) is 67.9 Å². The summed E-state index contributed by atoms with van der Waals surface area (Å²) >= 11 is 0. The van der Waals surface area contributed by atoms with Gasteiger partial charge < -0.3 is 4.74 Å². The molecule has 1 atom stereocenters. The van der Waals surface area contributed by atoms with E-state index in [2.05, 4.69) is 0 Å². The van der Waals surface area contributed by atoms with Crippen LogP contribution < -0.4 is 0 Å². The van der Waals surface area contributed by atoms with Gasteiger partial charge in [-0.1, -0.05) is 43.1 Å². The minimum Gasteiger partial charge on any atom is -0.352 e. The number of alkyl halides is 3. The summed E-state index contributed by atoms with van der Waals surface area (Å²) in [5.74, 6) is 0. The minimum atomic E-state index is -4.84. The molecule has 23 heavy (non-hydrogen) atoms. The summed E-state index contributed by atoms with van der Waals surface area (Å²) in [5.41, 5.74) is -2.60. The highest BCUT2D eigenvalue weighted by atomic mass is 32.2. The van der Waals surface area contributed by atoms with E-state index < -0.39 is 46.2 Å². The molecule has 0 aromatic carbocycles. The Labute approximate surface area is 145 Å². The fourth-order valence-corrected chi connectivity index (χ4v) is 2.52. The summed E-state index contributed by atoms with van der Waals surface area (Å²) in [4.78, 5) is 0. The van der Waals surface area contributed by atoms with Crippen LogP contribution in [0.3, 0.4) is 0 Å². The van der Waals surface area contributed by atoms with Gasteiger partial charge in [-0.3, -0.25) is 0 Å². The smallest absolute Gasteiger partial charge is 0.352 e. The molecule has 0 amide bonds. The first-order valence-corrected chi connectivity index (χ1v) is 7.37. The van der Waals surface area contributed by atoms with Crippen molar-refractivity contribution in [3.05, 3.63) is 0 Å². The molecule has 0 radical (unpaired) electrons. The van der Waals surface area contributed by atoms with Crippen molar-refractivity contribution in [1.82, 2.24) is 4.31 Å². The summed E-state index contributed by atoms with van der Waals surface area (Å²) in [7, 11) is -4.84. The van der Waals surface area contributed by atoms with Crippen LogP contribution in [0.2, 0.25) is 0 Å². The second-order valence-electron chi connectivity index (χ2n) is 6.61. The third-order valence-electron chi connectivity index (χ3n) is 2.48. The van der Waals surface area contributed by atoms with Gasteiger partial charge in [0.25, 0.3) is 0 Å². The van der Waals surface area contributed by atoms with Gasteiger partial charge in [-0.05, 0) is 26.2 Å². The largest absolute Gasteiger partial charge is 0.415 e. The van der Waals surface area contributed by atoms with Crippen LogP contribution in [0, 0.1) is 5.41 Å². The molecule has 0 aromatic rings. The fraction of sp³-hybridized carbons (Fsp3) is 1.00. The number of nitrogens with zero attached hydrogens (tertiary/aromatic N) is 1. The van der Waals surface area contributed by atoms with Crippen LogP contribution in [0.25, 0.3) is 0 Å². The Kier molecular flexibility index (Phi) is 9.09. The van der Waals surface area contributed by atoms with Gasteiger partial charge in [0.15, 0.2) is 6.10 Å². The van der Waals surface area contributed by atoms with Crippen LogP contribution in [0.15, 0.2) is 0 Å². The van der Waals surface area contributed by atoms with Crippen molar-refractivity contribution in [2.45, 2.75) is 81.6 Å². The summed E-state index contributed by atoms with van der Waals surface area (Å²) in [6.45, 7) is 7.00. The van der Waals surface area contributed by atoms with E-state index >= 15 is 0 Å². The molecule has 0 fully saturated rings. The normalized spacial score (nSPS) is 16.9. The molecule has 0 N–H and O–H groups in total. The number of rotatable bonds is 4. The summed E-state index contributed by atoms with van der Waals surface area (Å²) in [6.07, 6.45) is -10.4. The third kappa shape index (κ3) is 10.2. The molecule has 0 aliphatic carbocycles. The third-order valence-corrected chi connectivity index (χ3v) is 3.71. The maximum atomic E-state index is 13.1. The van der Waals surface area contributed by atoms with E-state index in [0.29, 0.717) is 4.31 Å². The summed E-state index contributed by atoms with van der Waals surface area (Å²) in [5, 5.41) is 0. The Hall–Kier alpha value is -0.340. The molecule has 0 aliphatic rings. The molecule has 0 spiro atoms. The van der Waals surface area contributed by atoms with E-state index in [4.69, 9.17) is 8.85 Å². The highest BCUT2D eigenvalue weighted by molar-refractivity contribution is 7.88. The molecule has 4 nitrogen and oxygen atoms in total. The van der Waals surface area contributed by atoms with Crippen molar-refractivity contribution in [1.29, 1.82) is 0 Å². The van der Waals surface area contributed by atoms with Crippen LogP contribution in [0.5, 0.6) is 0 Å². The van der Waals surface area contributed by atoms with Gasteiger partial charge in [0, 0.05) is 9.65 Å². The van der Waals surface area contributed by atoms with E-state index in [1.54, 1.807) is 0 Å². The molecule has 0 bridgehead atoms. The van der Waals surface area contributed by atoms with Crippen LogP contribution in [-0.4, -0.2) is 43.5 Å². The Morgan fingerprint density at radius 1 is 1.04 bits per heavy atom. The number of hydrogen-bond acceptors (Lipinski definition) is 3. The highest BCUT2D eigenvalue weighted by Crippen LogP contribution is 2.36. The number of sulfonamides is 1. The molecular formula is C15H36F3NO3S. The number of hydrogen-bond donors (Lipinski definition) is 0. The molecule has 0 aliphatic heterocycles. The van der Waals surface area contributed by atoms with Crippen LogP contribution in [0.4, 0.5) is 13.2 Å². The molecule has 0 rings (SSSR count). The van der Waals surface area contributed by atoms with Gasteiger partial charge in [-0.15, -0.1) is 0 Å². The van der Waals surface area contributed by atoms with E-state index in [-0.39, 0.29) is 22.3 Å². The van der Waals surface area contributed by atoms with Crippen molar-refractivity contribution in [2.24, 2.45) is 5.41 Å². The molecule has 8 heteroatoms. The van der Waals surface area contributed by atoms with Crippen molar-refractivity contribution in [3.8, 4) is 0 Å². The lowest BCUT2D eigenvalue weighted by atomic mass is 9.88. The molecular weight excluding hydrogens is 331 g/mol. The van der Waals surface area contributed by atoms with E-state index in [0.717, 1.165) is 0 Å². The number of ether oxygens (including phenoxy) is 1. The monoisotopic (exact) mass is 370 g/mol. The first kappa shape index (κ1) is 22.7. The second kappa shape index (κ2) is 9.22. The van der Waals surface area contributed by atoms with Gasteiger partial charge in [-0.2, -0.15) is 17.5 Å². The maximum absolute atomic E-state index is 13.1. The van der Waals surface area contributed by atoms with Crippen molar-refractivity contribution in [3.63, 3.8) is 0 Å². The standard InChI is InChI=1S/C12H24F3NO3S.3CH4/c1-10(2,3)9(12(13,14)15)19-8-16(11(4,5)6)20(7,17)18;;;/h9H,8H2,1-7H3;3*1H4/i7D3;;;.